The van der Waals surface area contributed by atoms with Crippen LogP contribution < -0.4 is 0 Å². The van der Waals surface area contributed by atoms with Gasteiger partial charge < -0.3 is 19.7 Å². The molecule has 5 aliphatic carbocycles. The summed E-state index contributed by atoms with van der Waals surface area (Å²) in [6.07, 6.45) is 1.08. The molecule has 8 aliphatic rings. The number of aliphatic hydroxyl groups excluding tert-OH is 1. The lowest BCUT2D eigenvalue weighted by atomic mass is 9.21. The zero-order chi connectivity index (χ0) is 31.2. The van der Waals surface area contributed by atoms with Crippen LogP contribution in [0.4, 0.5) is 0 Å². The van der Waals surface area contributed by atoms with E-state index in [0.717, 1.165) is 0 Å². The molecule has 44 heavy (non-hydrogen) atoms. The molecule has 9 atom stereocenters. The Kier molecular flexibility index (Phi) is 5.71. The Labute approximate surface area is 256 Å². The predicted octanol–water partition coefficient (Wildman–Crippen LogP) is 2.24. The van der Waals surface area contributed by atoms with Crippen molar-refractivity contribution < 1.29 is 42.5 Å². The zero-order valence-electron chi connectivity index (χ0n) is 25.0. The summed E-state index contributed by atoms with van der Waals surface area (Å²) < 4.78 is 39.7. The Hall–Kier alpha value is -2.44. The number of nitrogens with zero attached hydrogens (tertiary/aromatic N) is 1. The monoisotopic (exact) mass is 625 g/mol. The number of fused-ring (bicyclic) bond motifs is 1. The smallest absolute Gasteiger partial charge is 0.310 e. The standard InChI is InChI=1S/C33H39NO9S/c1-18-21-9-10-22-30-17-42-33(39,26(36)25(30)29(2,3)14-11-23(30)35)31(22)24(21)32(18,28(31)38)43-27(37)19-12-15-34(16-13-19)44(40,41)20-7-5-4-6-8-20/h4-8,19,21-22,24-26,36,39H,1,9-17H2,2-3H3. The van der Waals surface area contributed by atoms with Gasteiger partial charge in [-0.05, 0) is 67.1 Å². The number of hydrogen-bond donors (Lipinski definition) is 2. The number of hydrogen-bond acceptors (Lipinski definition) is 9. The Morgan fingerprint density at radius 1 is 1.07 bits per heavy atom. The lowest BCUT2D eigenvalue weighted by Crippen LogP contribution is -2.97. The maximum atomic E-state index is 14.7. The van der Waals surface area contributed by atoms with E-state index < -0.39 is 79.2 Å². The van der Waals surface area contributed by atoms with Crippen LogP contribution in [0.25, 0.3) is 0 Å². The van der Waals surface area contributed by atoms with Crippen molar-refractivity contribution in [2.75, 3.05) is 19.7 Å². The van der Waals surface area contributed by atoms with Gasteiger partial charge in [0.15, 0.2) is 11.4 Å². The lowest BCUT2D eigenvalue weighted by molar-refractivity contribution is -0.465. The van der Waals surface area contributed by atoms with Gasteiger partial charge in [0.1, 0.15) is 17.3 Å². The minimum Gasteiger partial charge on any atom is -0.446 e. The van der Waals surface area contributed by atoms with E-state index in [0.29, 0.717) is 31.3 Å². The average molecular weight is 626 g/mol. The summed E-state index contributed by atoms with van der Waals surface area (Å²) >= 11 is 0. The molecule has 2 bridgehead atoms. The fourth-order valence-corrected chi connectivity index (χ4v) is 12.7. The zero-order valence-corrected chi connectivity index (χ0v) is 25.8. The van der Waals surface area contributed by atoms with E-state index in [-0.39, 0.29) is 49.1 Å². The number of piperidine rings is 1. The minimum atomic E-state index is -3.70. The van der Waals surface area contributed by atoms with Crippen LogP contribution in [0.1, 0.15) is 52.4 Å². The Morgan fingerprint density at radius 3 is 2.43 bits per heavy atom. The molecule has 3 heterocycles. The number of ether oxygens (including phenoxy) is 2. The van der Waals surface area contributed by atoms with Gasteiger partial charge in [-0.3, -0.25) is 14.4 Å². The molecule has 0 aromatic heterocycles. The van der Waals surface area contributed by atoms with Gasteiger partial charge in [0.2, 0.25) is 15.8 Å². The van der Waals surface area contributed by atoms with Crippen LogP contribution in [0.2, 0.25) is 0 Å². The summed E-state index contributed by atoms with van der Waals surface area (Å²) in [4.78, 5) is 42.4. The molecular formula is C33H39NO9S. The number of ketones is 2. The summed E-state index contributed by atoms with van der Waals surface area (Å²) in [5.41, 5.74) is -4.26. The second kappa shape index (κ2) is 8.67. The summed E-state index contributed by atoms with van der Waals surface area (Å²) in [6, 6.07) is 8.15. The second-order valence-corrected chi connectivity index (χ2v) is 16.9. The van der Waals surface area contributed by atoms with Crippen molar-refractivity contribution in [3.05, 3.63) is 42.5 Å². The molecule has 5 saturated carbocycles. The summed E-state index contributed by atoms with van der Waals surface area (Å²) in [5.74, 6) is -5.90. The number of benzene rings is 1. The lowest BCUT2D eigenvalue weighted by Gasteiger charge is -2.84. The number of carbonyl (C=O) groups excluding carboxylic acids is 3. The van der Waals surface area contributed by atoms with Gasteiger partial charge in [-0.25, -0.2) is 8.42 Å². The molecule has 236 valence electrons. The molecule has 0 radical (unpaired) electrons. The third-order valence-corrected chi connectivity index (χ3v) is 15.0. The van der Waals surface area contributed by atoms with E-state index in [1.54, 1.807) is 30.3 Å². The van der Waals surface area contributed by atoms with Gasteiger partial charge in [0, 0.05) is 31.3 Å². The fraction of sp³-hybridized carbons (Fsp3) is 0.667. The van der Waals surface area contributed by atoms with Crippen LogP contribution in [0, 0.1) is 45.8 Å². The Morgan fingerprint density at radius 2 is 1.75 bits per heavy atom. The highest BCUT2D eigenvalue weighted by molar-refractivity contribution is 7.89. The predicted molar refractivity (Wildman–Crippen MR) is 154 cm³/mol. The van der Waals surface area contributed by atoms with Crippen molar-refractivity contribution in [2.24, 2.45) is 45.8 Å². The van der Waals surface area contributed by atoms with Gasteiger partial charge in [0.25, 0.3) is 0 Å². The van der Waals surface area contributed by atoms with E-state index in [1.807, 2.05) is 13.8 Å². The molecule has 8 fully saturated rings. The largest absolute Gasteiger partial charge is 0.446 e. The molecule has 3 saturated heterocycles. The number of carbonyl (C=O) groups is 3. The van der Waals surface area contributed by atoms with Crippen LogP contribution in [0.5, 0.6) is 0 Å². The molecule has 11 heteroatoms. The number of aliphatic hydroxyl groups is 2. The van der Waals surface area contributed by atoms with Gasteiger partial charge in [-0.15, -0.1) is 0 Å². The van der Waals surface area contributed by atoms with Crippen LogP contribution in [0.3, 0.4) is 0 Å². The SMILES string of the molecule is C=C1C2CCC3C45COC(O)(C(O)C4C(C)(C)CCC5=O)C34C(=O)C1(OC(=O)C1CCN(S(=O)(=O)c3ccccc3)CC1)C24. The highest BCUT2D eigenvalue weighted by Gasteiger charge is 2.97. The Balaban J connectivity index is 1.08. The highest BCUT2D eigenvalue weighted by atomic mass is 32.2. The first-order chi connectivity index (χ1) is 20.7. The average Bonchev–Trinajstić information content (AvgIpc) is 3.01. The molecule has 2 spiro atoms. The van der Waals surface area contributed by atoms with E-state index in [2.05, 4.69) is 6.58 Å². The van der Waals surface area contributed by atoms with Crippen LogP contribution in [0.15, 0.2) is 47.4 Å². The quantitative estimate of drug-likeness (QED) is 0.380. The first-order valence-corrected chi connectivity index (χ1v) is 17.3. The molecule has 3 aliphatic heterocycles. The van der Waals surface area contributed by atoms with E-state index in [1.165, 1.54) is 4.31 Å². The normalized spacial score (nSPS) is 45.8. The van der Waals surface area contributed by atoms with Crippen LogP contribution in [-0.2, 0) is 33.9 Å². The molecular weight excluding hydrogens is 586 g/mol. The summed E-state index contributed by atoms with van der Waals surface area (Å²) in [6.45, 7) is 8.43. The molecule has 1 aromatic carbocycles. The maximum Gasteiger partial charge on any atom is 0.310 e. The first kappa shape index (κ1) is 29.0. The van der Waals surface area contributed by atoms with Crippen molar-refractivity contribution in [1.29, 1.82) is 0 Å². The molecule has 0 amide bonds. The minimum absolute atomic E-state index is 0.0249. The van der Waals surface area contributed by atoms with Crippen LogP contribution in [-0.4, -0.2) is 77.7 Å². The summed E-state index contributed by atoms with van der Waals surface area (Å²) in [7, 11) is -3.70. The van der Waals surface area contributed by atoms with Gasteiger partial charge in [-0.2, -0.15) is 4.31 Å². The van der Waals surface area contributed by atoms with Crippen molar-refractivity contribution in [3.8, 4) is 0 Å². The first-order valence-electron chi connectivity index (χ1n) is 15.8. The number of Topliss-reactive ketones (excluding diaryl/α,β-unsaturated/α-hetero) is 2. The van der Waals surface area contributed by atoms with Crippen molar-refractivity contribution in [3.63, 3.8) is 0 Å². The third kappa shape index (κ3) is 2.94. The molecule has 10 nitrogen and oxygen atoms in total. The van der Waals surface area contributed by atoms with Gasteiger partial charge in [0.05, 0.1) is 22.8 Å². The molecule has 1 aromatic rings. The topological polar surface area (TPSA) is 148 Å². The van der Waals surface area contributed by atoms with Crippen molar-refractivity contribution in [2.45, 2.75) is 74.8 Å². The van der Waals surface area contributed by atoms with E-state index in [4.69, 9.17) is 9.47 Å². The molecule has 2 N–H and O–H groups in total. The number of sulfonamides is 1. The van der Waals surface area contributed by atoms with Crippen molar-refractivity contribution in [1.82, 2.24) is 4.31 Å². The third-order valence-electron chi connectivity index (χ3n) is 13.1. The molecule has 9 unspecified atom stereocenters. The fourth-order valence-electron chi connectivity index (χ4n) is 11.2. The van der Waals surface area contributed by atoms with Crippen molar-refractivity contribution >= 4 is 27.6 Å². The van der Waals surface area contributed by atoms with E-state index >= 15 is 0 Å². The highest BCUT2D eigenvalue weighted by Crippen LogP contribution is 2.85. The number of rotatable bonds is 4. The summed E-state index contributed by atoms with van der Waals surface area (Å²) in [5, 5.41) is 24.1. The van der Waals surface area contributed by atoms with Gasteiger partial charge in [-0.1, -0.05) is 38.6 Å². The van der Waals surface area contributed by atoms with Gasteiger partial charge >= 0.3 is 5.97 Å². The maximum absolute atomic E-state index is 14.7. The second-order valence-electron chi connectivity index (χ2n) is 14.9. The number of esters is 1. The Bertz CT molecular complexity index is 1620. The van der Waals surface area contributed by atoms with E-state index in [9.17, 15) is 33.0 Å². The van der Waals surface area contributed by atoms with Crippen LogP contribution >= 0.6 is 0 Å². The molecule has 9 rings (SSSR count).